The van der Waals surface area contributed by atoms with Crippen LogP contribution in [0.15, 0.2) is 0 Å². The highest BCUT2D eigenvalue weighted by atomic mass is 16.5. The number of aliphatic hydroxyl groups excluding tert-OH is 2. The molecule has 0 saturated heterocycles. The van der Waals surface area contributed by atoms with E-state index in [2.05, 4.69) is 25.5 Å². The van der Waals surface area contributed by atoms with Gasteiger partial charge in [0.2, 0.25) is 0 Å². The molecule has 5 heteroatoms. The molecule has 0 aliphatic heterocycles. The summed E-state index contributed by atoms with van der Waals surface area (Å²) in [6.07, 6.45) is 8.69. The zero-order valence-electron chi connectivity index (χ0n) is 15.6. The van der Waals surface area contributed by atoms with Gasteiger partial charge in [0.05, 0.1) is 39.1 Å². The molecule has 5 nitrogen and oxygen atoms in total. The fourth-order valence-corrected chi connectivity index (χ4v) is 1.73. The second kappa shape index (κ2) is 24.1. The highest BCUT2D eigenvalue weighted by Crippen LogP contribution is 2.07. The second-order valence-electron chi connectivity index (χ2n) is 5.48. The minimum atomic E-state index is 0.0278. The number of hydrogen-bond acceptors (Lipinski definition) is 5. The maximum Gasteiger partial charge on any atom is 0.0808 e. The lowest BCUT2D eigenvalue weighted by Gasteiger charge is -2.17. The number of unbranched alkanes of at least 4 members (excludes halogenated alkanes) is 3. The van der Waals surface area contributed by atoms with Crippen LogP contribution in [0.25, 0.3) is 0 Å². The Morgan fingerprint density at radius 1 is 0.696 bits per heavy atom. The summed E-state index contributed by atoms with van der Waals surface area (Å²) in [7, 11) is 0. The Labute approximate surface area is 143 Å². The van der Waals surface area contributed by atoms with Crippen LogP contribution in [0.3, 0.4) is 0 Å². The maximum atomic E-state index is 8.09. The van der Waals surface area contributed by atoms with Gasteiger partial charge in [0.15, 0.2) is 0 Å². The molecule has 23 heavy (non-hydrogen) atoms. The SMILES string of the molecule is CCCCOCC(CCCC)OCCCC.OCCOCCO. The lowest BCUT2D eigenvalue weighted by Crippen LogP contribution is -2.21. The van der Waals surface area contributed by atoms with Gasteiger partial charge in [-0.2, -0.15) is 0 Å². The maximum absolute atomic E-state index is 8.09. The fraction of sp³-hybridized carbons (Fsp3) is 1.00. The monoisotopic (exact) mass is 336 g/mol. The molecule has 0 bridgehead atoms. The normalized spacial score (nSPS) is 11.9. The van der Waals surface area contributed by atoms with E-state index in [4.69, 9.17) is 19.7 Å². The van der Waals surface area contributed by atoms with Crippen LogP contribution in [0.4, 0.5) is 0 Å². The molecule has 0 spiro atoms. The van der Waals surface area contributed by atoms with Crippen molar-refractivity contribution in [2.24, 2.45) is 0 Å². The first kappa shape index (κ1) is 25.0. The van der Waals surface area contributed by atoms with Gasteiger partial charge in [-0.25, -0.2) is 0 Å². The zero-order chi connectivity index (χ0) is 17.6. The van der Waals surface area contributed by atoms with E-state index >= 15 is 0 Å². The van der Waals surface area contributed by atoms with Gasteiger partial charge in [0, 0.05) is 13.2 Å². The van der Waals surface area contributed by atoms with E-state index in [0.717, 1.165) is 39.1 Å². The predicted octanol–water partition coefficient (Wildman–Crippen LogP) is 3.17. The third-order valence-corrected chi connectivity index (χ3v) is 3.15. The van der Waals surface area contributed by atoms with Gasteiger partial charge in [-0.05, 0) is 19.3 Å². The Morgan fingerprint density at radius 3 is 1.78 bits per heavy atom. The van der Waals surface area contributed by atoms with Crippen LogP contribution >= 0.6 is 0 Å². The number of ether oxygens (including phenoxy) is 3. The van der Waals surface area contributed by atoms with Gasteiger partial charge < -0.3 is 24.4 Å². The summed E-state index contributed by atoms with van der Waals surface area (Å²) in [4.78, 5) is 0. The smallest absolute Gasteiger partial charge is 0.0808 e. The summed E-state index contributed by atoms with van der Waals surface area (Å²) in [5.74, 6) is 0. The molecule has 0 heterocycles. The van der Waals surface area contributed by atoms with Crippen molar-refractivity contribution in [3.63, 3.8) is 0 Å². The molecule has 0 aromatic rings. The summed E-state index contributed by atoms with van der Waals surface area (Å²) in [6.45, 7) is 9.86. The van der Waals surface area contributed by atoms with Gasteiger partial charge in [0.25, 0.3) is 0 Å². The molecule has 0 amide bonds. The van der Waals surface area contributed by atoms with E-state index < -0.39 is 0 Å². The Balaban J connectivity index is 0. The first-order valence-corrected chi connectivity index (χ1v) is 9.25. The lowest BCUT2D eigenvalue weighted by molar-refractivity contribution is -0.0227. The lowest BCUT2D eigenvalue weighted by atomic mass is 10.2. The van der Waals surface area contributed by atoms with Crippen LogP contribution in [0.5, 0.6) is 0 Å². The molecule has 0 rings (SSSR count). The van der Waals surface area contributed by atoms with Crippen molar-refractivity contribution in [1.82, 2.24) is 0 Å². The van der Waals surface area contributed by atoms with E-state index in [-0.39, 0.29) is 13.2 Å². The first-order valence-electron chi connectivity index (χ1n) is 9.25. The van der Waals surface area contributed by atoms with Crippen LogP contribution in [0.1, 0.15) is 65.7 Å². The minimum Gasteiger partial charge on any atom is -0.394 e. The Bertz CT molecular complexity index is 186. The van der Waals surface area contributed by atoms with Crippen molar-refractivity contribution in [3.8, 4) is 0 Å². The van der Waals surface area contributed by atoms with Gasteiger partial charge in [0.1, 0.15) is 0 Å². The molecular weight excluding hydrogens is 296 g/mol. The number of rotatable bonds is 16. The van der Waals surface area contributed by atoms with Crippen LogP contribution < -0.4 is 0 Å². The van der Waals surface area contributed by atoms with Crippen molar-refractivity contribution < 1.29 is 24.4 Å². The topological polar surface area (TPSA) is 68.2 Å². The molecule has 0 saturated carbocycles. The minimum absolute atomic E-state index is 0.0278. The Hall–Kier alpha value is -0.200. The van der Waals surface area contributed by atoms with Crippen LogP contribution in [0.2, 0.25) is 0 Å². The van der Waals surface area contributed by atoms with E-state index in [1.165, 1.54) is 25.7 Å². The summed E-state index contributed by atoms with van der Waals surface area (Å²) < 4.78 is 16.1. The van der Waals surface area contributed by atoms with Crippen LogP contribution in [0, 0.1) is 0 Å². The molecule has 0 aromatic heterocycles. The molecule has 0 fully saturated rings. The zero-order valence-corrected chi connectivity index (χ0v) is 15.6. The van der Waals surface area contributed by atoms with E-state index in [0.29, 0.717) is 19.3 Å². The largest absolute Gasteiger partial charge is 0.394 e. The average molecular weight is 337 g/mol. The van der Waals surface area contributed by atoms with E-state index in [1.54, 1.807) is 0 Å². The Kier molecular flexibility index (Phi) is 26.2. The summed E-state index contributed by atoms with van der Waals surface area (Å²) >= 11 is 0. The van der Waals surface area contributed by atoms with Crippen molar-refractivity contribution in [2.45, 2.75) is 71.8 Å². The summed E-state index contributed by atoms with van der Waals surface area (Å²) in [5.41, 5.74) is 0. The number of hydrogen-bond donors (Lipinski definition) is 2. The molecule has 0 radical (unpaired) electrons. The third-order valence-electron chi connectivity index (χ3n) is 3.15. The van der Waals surface area contributed by atoms with Crippen LogP contribution in [-0.2, 0) is 14.2 Å². The van der Waals surface area contributed by atoms with Crippen molar-refractivity contribution >= 4 is 0 Å². The molecule has 0 aliphatic carbocycles. The van der Waals surface area contributed by atoms with Crippen molar-refractivity contribution in [2.75, 3.05) is 46.2 Å². The molecule has 0 aliphatic rings. The van der Waals surface area contributed by atoms with Gasteiger partial charge in [-0.3, -0.25) is 0 Å². The van der Waals surface area contributed by atoms with Gasteiger partial charge >= 0.3 is 0 Å². The van der Waals surface area contributed by atoms with Gasteiger partial charge in [-0.1, -0.05) is 46.5 Å². The first-order chi connectivity index (χ1) is 11.3. The highest BCUT2D eigenvalue weighted by molar-refractivity contribution is 4.57. The van der Waals surface area contributed by atoms with E-state index in [1.807, 2.05) is 0 Å². The van der Waals surface area contributed by atoms with Crippen molar-refractivity contribution in [1.29, 1.82) is 0 Å². The van der Waals surface area contributed by atoms with Gasteiger partial charge in [-0.15, -0.1) is 0 Å². The van der Waals surface area contributed by atoms with Crippen molar-refractivity contribution in [3.05, 3.63) is 0 Å². The van der Waals surface area contributed by atoms with Crippen LogP contribution in [-0.4, -0.2) is 62.6 Å². The summed E-state index contributed by atoms with van der Waals surface area (Å²) in [6, 6.07) is 0. The predicted molar refractivity (Wildman–Crippen MR) is 94.9 cm³/mol. The molecular formula is C18H40O5. The molecule has 1 unspecified atom stereocenters. The molecule has 0 aromatic carbocycles. The highest BCUT2D eigenvalue weighted by Gasteiger charge is 2.08. The van der Waals surface area contributed by atoms with E-state index in [9.17, 15) is 0 Å². The quantitative estimate of drug-likeness (QED) is 0.424. The fourth-order valence-electron chi connectivity index (χ4n) is 1.73. The standard InChI is InChI=1S/C14H30O2.C4H10O3/c1-4-7-10-14(16-12-9-6-3)13-15-11-8-5-2;5-1-3-7-4-2-6/h14H,4-13H2,1-3H3;5-6H,1-4H2. The average Bonchev–Trinajstić information content (AvgIpc) is 2.57. The summed E-state index contributed by atoms with van der Waals surface area (Å²) in [5, 5.41) is 16.2. The Morgan fingerprint density at radius 2 is 1.26 bits per heavy atom. The molecule has 142 valence electrons. The number of aliphatic hydroxyl groups is 2. The molecule has 2 N–H and O–H groups in total. The third kappa shape index (κ3) is 24.2. The molecule has 1 atom stereocenters. The second-order valence-corrected chi connectivity index (χ2v) is 5.48.